The van der Waals surface area contributed by atoms with E-state index in [1.165, 1.54) is 0 Å². The number of esters is 1. The third kappa shape index (κ3) is 1.36. The summed E-state index contributed by atoms with van der Waals surface area (Å²) in [5, 5.41) is 0. The average molecular weight is 170 g/mol. The summed E-state index contributed by atoms with van der Waals surface area (Å²) in [6, 6.07) is 0. The van der Waals surface area contributed by atoms with Gasteiger partial charge in [-0.05, 0) is 19.8 Å². The van der Waals surface area contributed by atoms with Crippen molar-refractivity contribution in [1.82, 2.24) is 0 Å². The molecule has 1 rings (SSSR count). The quantitative estimate of drug-likeness (QED) is 0.472. The zero-order valence-electron chi connectivity index (χ0n) is 7.55. The summed E-state index contributed by atoms with van der Waals surface area (Å²) in [7, 11) is 0. The normalized spacial score (nSPS) is 18.5. The Hall–Kier alpha value is -0.860. The van der Waals surface area contributed by atoms with Gasteiger partial charge >= 0.3 is 5.97 Å². The van der Waals surface area contributed by atoms with E-state index in [1.807, 2.05) is 0 Å². The number of ketones is 1. The molecular weight excluding hydrogens is 156 g/mol. The van der Waals surface area contributed by atoms with E-state index in [9.17, 15) is 9.59 Å². The molecule has 0 bridgehead atoms. The van der Waals surface area contributed by atoms with Crippen molar-refractivity contribution in [3.05, 3.63) is 0 Å². The first-order chi connectivity index (χ1) is 5.67. The van der Waals surface area contributed by atoms with Crippen molar-refractivity contribution in [2.75, 3.05) is 6.61 Å². The van der Waals surface area contributed by atoms with Crippen LogP contribution in [0.15, 0.2) is 0 Å². The van der Waals surface area contributed by atoms with Crippen molar-refractivity contribution in [2.45, 2.75) is 33.1 Å². The third-order valence-electron chi connectivity index (χ3n) is 2.27. The molecule has 0 aromatic heterocycles. The number of hydrogen-bond acceptors (Lipinski definition) is 3. The lowest BCUT2D eigenvalue weighted by molar-refractivity contribution is -0.153. The summed E-state index contributed by atoms with van der Waals surface area (Å²) in [6.45, 7) is 3.89. The molecule has 68 valence electrons. The summed E-state index contributed by atoms with van der Waals surface area (Å²) >= 11 is 0. The molecule has 0 atom stereocenters. The molecule has 0 radical (unpaired) electrons. The fourth-order valence-corrected chi connectivity index (χ4v) is 1.33. The van der Waals surface area contributed by atoms with E-state index < -0.39 is 5.41 Å². The Morgan fingerprint density at radius 2 is 1.92 bits per heavy atom. The lowest BCUT2D eigenvalue weighted by Gasteiger charge is -2.10. The third-order valence-corrected chi connectivity index (χ3v) is 2.27. The van der Waals surface area contributed by atoms with E-state index in [-0.39, 0.29) is 11.8 Å². The van der Waals surface area contributed by atoms with Crippen LogP contribution in [0.3, 0.4) is 0 Å². The molecule has 0 heterocycles. The predicted octanol–water partition coefficient (Wildman–Crippen LogP) is 1.31. The van der Waals surface area contributed by atoms with Crippen LogP contribution < -0.4 is 0 Å². The van der Waals surface area contributed by atoms with Gasteiger partial charge in [0.05, 0.1) is 6.61 Å². The minimum absolute atomic E-state index is 0.0287. The maximum atomic E-state index is 11.3. The van der Waals surface area contributed by atoms with Crippen LogP contribution in [0.5, 0.6) is 0 Å². The Kier molecular flexibility index (Phi) is 2.50. The number of carbonyl (C=O) groups is 2. The molecule has 1 saturated carbocycles. The van der Waals surface area contributed by atoms with Gasteiger partial charge in [0.15, 0.2) is 0 Å². The first kappa shape index (κ1) is 9.23. The van der Waals surface area contributed by atoms with Gasteiger partial charge in [0.2, 0.25) is 0 Å². The minimum Gasteiger partial charge on any atom is -0.465 e. The molecule has 12 heavy (non-hydrogen) atoms. The molecule has 0 aromatic rings. The van der Waals surface area contributed by atoms with Crippen LogP contribution in [0.2, 0.25) is 0 Å². The van der Waals surface area contributed by atoms with E-state index in [4.69, 9.17) is 4.74 Å². The van der Waals surface area contributed by atoms with Crippen LogP contribution in [0, 0.1) is 5.41 Å². The van der Waals surface area contributed by atoms with Crippen molar-refractivity contribution >= 4 is 11.8 Å². The highest BCUT2D eigenvalue weighted by molar-refractivity contribution is 6.06. The molecule has 1 aliphatic rings. The molecule has 0 aliphatic heterocycles. The second-order valence-electron chi connectivity index (χ2n) is 3.08. The zero-order chi connectivity index (χ0) is 9.19. The van der Waals surface area contributed by atoms with Gasteiger partial charge in [-0.25, -0.2) is 0 Å². The summed E-state index contributed by atoms with van der Waals surface area (Å²) in [6.07, 6.45) is 1.79. The van der Waals surface area contributed by atoms with E-state index in [0.717, 1.165) is 0 Å². The van der Waals surface area contributed by atoms with Crippen LogP contribution in [0.1, 0.15) is 33.1 Å². The number of Topliss-reactive ketones (excluding diaryl/α,β-unsaturated/α-hetero) is 1. The van der Waals surface area contributed by atoms with E-state index in [0.29, 0.717) is 25.9 Å². The monoisotopic (exact) mass is 170 g/mol. The van der Waals surface area contributed by atoms with Gasteiger partial charge in [0.25, 0.3) is 0 Å². The largest absolute Gasteiger partial charge is 0.465 e. The second-order valence-corrected chi connectivity index (χ2v) is 3.08. The van der Waals surface area contributed by atoms with Crippen molar-refractivity contribution in [3.63, 3.8) is 0 Å². The van der Waals surface area contributed by atoms with Gasteiger partial charge in [-0.2, -0.15) is 0 Å². The fourth-order valence-electron chi connectivity index (χ4n) is 1.33. The van der Waals surface area contributed by atoms with Crippen LogP contribution in [-0.4, -0.2) is 18.4 Å². The highest BCUT2D eigenvalue weighted by Gasteiger charge is 2.56. The van der Waals surface area contributed by atoms with Crippen molar-refractivity contribution in [3.8, 4) is 0 Å². The van der Waals surface area contributed by atoms with Gasteiger partial charge in [0, 0.05) is 6.42 Å². The van der Waals surface area contributed by atoms with Crippen LogP contribution in [0.25, 0.3) is 0 Å². The standard InChI is InChI=1S/C9H14O3/c1-3-7(10)9(5-6-9)8(11)12-4-2/h3-6H2,1-2H3. The van der Waals surface area contributed by atoms with Crippen LogP contribution in [0.4, 0.5) is 0 Å². The molecule has 0 saturated heterocycles. The lowest BCUT2D eigenvalue weighted by Crippen LogP contribution is -2.27. The van der Waals surface area contributed by atoms with Gasteiger partial charge in [-0.15, -0.1) is 0 Å². The molecule has 3 nitrogen and oxygen atoms in total. The van der Waals surface area contributed by atoms with Crippen LogP contribution >= 0.6 is 0 Å². The maximum Gasteiger partial charge on any atom is 0.319 e. The molecule has 0 spiro atoms. The molecule has 0 N–H and O–H groups in total. The summed E-state index contributed by atoms with van der Waals surface area (Å²) in [5.41, 5.74) is -0.731. The topological polar surface area (TPSA) is 43.4 Å². The molecule has 3 heteroatoms. The van der Waals surface area contributed by atoms with Crippen LogP contribution in [-0.2, 0) is 14.3 Å². The summed E-state index contributed by atoms with van der Waals surface area (Å²) in [5.74, 6) is -0.294. The molecular formula is C9H14O3. The first-order valence-electron chi connectivity index (χ1n) is 4.38. The predicted molar refractivity (Wildman–Crippen MR) is 43.6 cm³/mol. The maximum absolute atomic E-state index is 11.3. The van der Waals surface area contributed by atoms with Crippen molar-refractivity contribution in [2.24, 2.45) is 5.41 Å². The van der Waals surface area contributed by atoms with Gasteiger partial charge in [-0.3, -0.25) is 9.59 Å². The zero-order valence-corrected chi connectivity index (χ0v) is 7.55. The van der Waals surface area contributed by atoms with Gasteiger partial charge < -0.3 is 4.74 Å². The second kappa shape index (κ2) is 3.25. The number of ether oxygens (including phenoxy) is 1. The van der Waals surface area contributed by atoms with E-state index in [2.05, 4.69) is 0 Å². The highest BCUT2D eigenvalue weighted by Crippen LogP contribution is 2.48. The molecule has 0 aromatic carbocycles. The van der Waals surface area contributed by atoms with Gasteiger partial charge in [-0.1, -0.05) is 6.92 Å². The van der Waals surface area contributed by atoms with E-state index in [1.54, 1.807) is 13.8 Å². The Balaban J connectivity index is 2.60. The van der Waals surface area contributed by atoms with Gasteiger partial charge in [0.1, 0.15) is 11.2 Å². The van der Waals surface area contributed by atoms with Crippen molar-refractivity contribution < 1.29 is 14.3 Å². The lowest BCUT2D eigenvalue weighted by atomic mass is 9.99. The Morgan fingerprint density at radius 1 is 1.33 bits per heavy atom. The number of hydrogen-bond donors (Lipinski definition) is 0. The first-order valence-corrected chi connectivity index (χ1v) is 4.38. The Bertz CT molecular complexity index is 204. The van der Waals surface area contributed by atoms with E-state index >= 15 is 0 Å². The average Bonchev–Trinajstić information content (AvgIpc) is 2.84. The summed E-state index contributed by atoms with van der Waals surface area (Å²) in [4.78, 5) is 22.6. The number of rotatable bonds is 4. The molecule has 1 fully saturated rings. The van der Waals surface area contributed by atoms with Crippen molar-refractivity contribution in [1.29, 1.82) is 0 Å². The smallest absolute Gasteiger partial charge is 0.319 e. The number of carbonyl (C=O) groups excluding carboxylic acids is 2. The SMILES string of the molecule is CCOC(=O)C1(C(=O)CC)CC1. The Labute approximate surface area is 72.1 Å². The highest BCUT2D eigenvalue weighted by atomic mass is 16.5. The molecule has 0 amide bonds. The summed E-state index contributed by atoms with van der Waals surface area (Å²) < 4.78 is 4.83. The fraction of sp³-hybridized carbons (Fsp3) is 0.778. The molecule has 0 unspecified atom stereocenters. The minimum atomic E-state index is -0.731. The Morgan fingerprint density at radius 3 is 2.25 bits per heavy atom. The molecule has 1 aliphatic carbocycles.